The Balaban J connectivity index is 1.91. The summed E-state index contributed by atoms with van der Waals surface area (Å²) in [4.78, 5) is 25.8. The van der Waals surface area contributed by atoms with Crippen molar-refractivity contribution < 1.29 is 19.1 Å². The molecule has 2 fully saturated rings. The van der Waals surface area contributed by atoms with Crippen molar-refractivity contribution in [2.45, 2.75) is 32.0 Å². The Morgan fingerprint density at radius 2 is 2.10 bits per heavy atom. The molecule has 112 valence electrons. The van der Waals surface area contributed by atoms with Gasteiger partial charge < -0.3 is 10.0 Å². The number of likely N-dealkylation sites (tertiary alicyclic amines) is 1. The second-order valence-corrected chi connectivity index (χ2v) is 6.10. The molecule has 4 nitrogen and oxygen atoms in total. The number of alkyl halides is 1. The molecule has 1 heterocycles. The van der Waals surface area contributed by atoms with Crippen LogP contribution < -0.4 is 0 Å². The molecule has 5 heteroatoms. The quantitative estimate of drug-likeness (QED) is 0.930. The van der Waals surface area contributed by atoms with Crippen LogP contribution in [0, 0.1) is 11.3 Å². The molecule has 0 aromatic heterocycles. The van der Waals surface area contributed by atoms with Crippen LogP contribution in [0.25, 0.3) is 0 Å². The minimum absolute atomic E-state index is 0.0309. The average molecular weight is 291 g/mol. The van der Waals surface area contributed by atoms with E-state index in [1.54, 1.807) is 4.90 Å². The second kappa shape index (κ2) is 4.83. The SMILES string of the molecule is CC(c1ccccc1)N1C[C@]2(C(=O)O)CC(F)C[C@@H]2C1=O. The van der Waals surface area contributed by atoms with Gasteiger partial charge in [-0.3, -0.25) is 9.59 Å². The lowest BCUT2D eigenvalue weighted by molar-refractivity contribution is -0.150. The molecule has 21 heavy (non-hydrogen) atoms. The van der Waals surface area contributed by atoms with Crippen LogP contribution in [0.4, 0.5) is 4.39 Å². The number of halogens is 1. The van der Waals surface area contributed by atoms with Gasteiger partial charge in [0.2, 0.25) is 5.91 Å². The maximum Gasteiger partial charge on any atom is 0.312 e. The molecular weight excluding hydrogens is 273 g/mol. The molecule has 3 rings (SSSR count). The number of nitrogens with zero attached hydrogens (tertiary/aromatic N) is 1. The molecule has 0 spiro atoms. The summed E-state index contributed by atoms with van der Waals surface area (Å²) in [6.07, 6.45) is -1.22. The van der Waals surface area contributed by atoms with Gasteiger partial charge in [0.15, 0.2) is 0 Å². The number of fused-ring (bicyclic) bond motifs is 1. The highest BCUT2D eigenvalue weighted by Crippen LogP contribution is 2.52. The molecule has 4 atom stereocenters. The molecule has 1 aromatic rings. The second-order valence-electron chi connectivity index (χ2n) is 6.10. The van der Waals surface area contributed by atoms with E-state index < -0.39 is 23.5 Å². The van der Waals surface area contributed by atoms with E-state index in [0.29, 0.717) is 0 Å². The van der Waals surface area contributed by atoms with E-state index >= 15 is 0 Å². The molecule has 1 aliphatic carbocycles. The fourth-order valence-corrected chi connectivity index (χ4v) is 3.74. The van der Waals surface area contributed by atoms with E-state index in [0.717, 1.165) is 5.56 Å². The Bertz CT molecular complexity index is 576. The zero-order valence-corrected chi connectivity index (χ0v) is 11.8. The highest BCUT2D eigenvalue weighted by atomic mass is 19.1. The van der Waals surface area contributed by atoms with E-state index in [1.165, 1.54) is 0 Å². The van der Waals surface area contributed by atoms with Crippen molar-refractivity contribution in [3.05, 3.63) is 35.9 Å². The average Bonchev–Trinajstić information content (AvgIpc) is 2.94. The minimum atomic E-state index is -1.25. The zero-order chi connectivity index (χ0) is 15.2. The smallest absolute Gasteiger partial charge is 0.312 e. The van der Waals surface area contributed by atoms with Gasteiger partial charge >= 0.3 is 5.97 Å². The first-order chi connectivity index (χ1) is 9.95. The first kappa shape index (κ1) is 14.0. The van der Waals surface area contributed by atoms with Crippen LogP contribution in [0.3, 0.4) is 0 Å². The number of carbonyl (C=O) groups excluding carboxylic acids is 1. The van der Waals surface area contributed by atoms with Gasteiger partial charge in [0.05, 0.1) is 17.4 Å². The third-order valence-electron chi connectivity index (χ3n) is 4.95. The fraction of sp³-hybridized carbons (Fsp3) is 0.500. The van der Waals surface area contributed by atoms with Crippen molar-refractivity contribution in [3.63, 3.8) is 0 Å². The third kappa shape index (κ3) is 2.03. The molecule has 1 saturated heterocycles. The molecule has 2 unspecified atom stereocenters. The van der Waals surface area contributed by atoms with Crippen molar-refractivity contribution >= 4 is 11.9 Å². The number of rotatable bonds is 3. The first-order valence-electron chi connectivity index (χ1n) is 7.18. The molecular formula is C16H18FNO3. The van der Waals surface area contributed by atoms with E-state index in [9.17, 15) is 19.1 Å². The molecule has 1 saturated carbocycles. The van der Waals surface area contributed by atoms with Crippen LogP contribution in [0.2, 0.25) is 0 Å². The summed E-state index contributed by atoms with van der Waals surface area (Å²) in [5.74, 6) is -2.01. The number of hydrogen-bond donors (Lipinski definition) is 1. The standard InChI is InChI=1S/C16H18FNO3/c1-10(11-5-3-2-4-6-11)18-9-16(15(20)21)8-12(17)7-13(16)14(18)19/h2-6,10,12-13H,7-9H2,1H3,(H,20,21)/t10?,12?,13-,16-/m1/s1. The Labute approximate surface area is 122 Å². The Hall–Kier alpha value is -1.91. The summed E-state index contributed by atoms with van der Waals surface area (Å²) >= 11 is 0. The molecule has 1 aliphatic heterocycles. The highest BCUT2D eigenvalue weighted by molar-refractivity contribution is 5.92. The van der Waals surface area contributed by atoms with Crippen molar-refractivity contribution in [1.82, 2.24) is 4.90 Å². The summed E-state index contributed by atoms with van der Waals surface area (Å²) < 4.78 is 13.6. The molecule has 2 aliphatic rings. The third-order valence-corrected chi connectivity index (χ3v) is 4.95. The topological polar surface area (TPSA) is 57.6 Å². The van der Waals surface area contributed by atoms with E-state index in [-0.39, 0.29) is 31.3 Å². The predicted molar refractivity (Wildman–Crippen MR) is 74.3 cm³/mol. The van der Waals surface area contributed by atoms with Crippen LogP contribution in [-0.4, -0.2) is 34.6 Å². The zero-order valence-electron chi connectivity index (χ0n) is 11.8. The molecule has 1 N–H and O–H groups in total. The molecule has 0 bridgehead atoms. The van der Waals surface area contributed by atoms with Gasteiger partial charge in [0.1, 0.15) is 6.17 Å². The summed E-state index contributed by atoms with van der Waals surface area (Å²) in [7, 11) is 0. The first-order valence-corrected chi connectivity index (χ1v) is 7.18. The van der Waals surface area contributed by atoms with Crippen molar-refractivity contribution in [2.24, 2.45) is 11.3 Å². The molecule has 1 amide bonds. The van der Waals surface area contributed by atoms with Crippen molar-refractivity contribution in [2.75, 3.05) is 6.54 Å². The molecule has 0 radical (unpaired) electrons. The monoisotopic (exact) mass is 291 g/mol. The van der Waals surface area contributed by atoms with Crippen molar-refractivity contribution in [1.29, 1.82) is 0 Å². The summed E-state index contributed by atoms with van der Waals surface area (Å²) in [6.45, 7) is 1.99. The van der Waals surface area contributed by atoms with Crippen LogP contribution in [0.5, 0.6) is 0 Å². The number of aliphatic carboxylic acids is 1. The maximum absolute atomic E-state index is 13.6. The van der Waals surface area contributed by atoms with Crippen LogP contribution in [0.1, 0.15) is 31.4 Å². The van der Waals surface area contributed by atoms with Crippen LogP contribution in [0.15, 0.2) is 30.3 Å². The minimum Gasteiger partial charge on any atom is -0.481 e. The number of carbonyl (C=O) groups is 2. The lowest BCUT2D eigenvalue weighted by Crippen LogP contribution is -2.36. The van der Waals surface area contributed by atoms with E-state index in [2.05, 4.69) is 0 Å². The summed E-state index contributed by atoms with van der Waals surface area (Å²) in [6, 6.07) is 9.30. The number of amides is 1. The Morgan fingerprint density at radius 3 is 2.67 bits per heavy atom. The normalized spacial score (nSPS) is 33.0. The summed E-state index contributed by atoms with van der Waals surface area (Å²) in [5.41, 5.74) is -0.289. The van der Waals surface area contributed by atoms with Gasteiger partial charge in [-0.15, -0.1) is 0 Å². The van der Waals surface area contributed by atoms with E-state index in [4.69, 9.17) is 0 Å². The summed E-state index contributed by atoms with van der Waals surface area (Å²) in [5, 5.41) is 9.53. The van der Waals surface area contributed by atoms with Gasteiger partial charge in [-0.25, -0.2) is 4.39 Å². The number of benzene rings is 1. The maximum atomic E-state index is 13.6. The number of carboxylic acid groups (broad SMARTS) is 1. The Morgan fingerprint density at radius 1 is 1.43 bits per heavy atom. The van der Waals surface area contributed by atoms with Gasteiger partial charge in [-0.1, -0.05) is 30.3 Å². The Kier molecular flexibility index (Phi) is 3.23. The number of hydrogen-bond acceptors (Lipinski definition) is 2. The lowest BCUT2D eigenvalue weighted by atomic mass is 9.80. The molecule has 1 aromatic carbocycles. The predicted octanol–water partition coefficient (Wildman–Crippen LogP) is 2.41. The van der Waals surface area contributed by atoms with Gasteiger partial charge in [-0.05, 0) is 25.3 Å². The van der Waals surface area contributed by atoms with Gasteiger partial charge in [0, 0.05) is 6.54 Å². The lowest BCUT2D eigenvalue weighted by Gasteiger charge is -2.28. The number of carboxylic acids is 1. The van der Waals surface area contributed by atoms with Crippen LogP contribution in [-0.2, 0) is 9.59 Å². The largest absolute Gasteiger partial charge is 0.481 e. The fourth-order valence-electron chi connectivity index (χ4n) is 3.74. The van der Waals surface area contributed by atoms with Crippen LogP contribution >= 0.6 is 0 Å². The van der Waals surface area contributed by atoms with E-state index in [1.807, 2.05) is 37.3 Å². The van der Waals surface area contributed by atoms with Gasteiger partial charge in [0.25, 0.3) is 0 Å². The highest BCUT2D eigenvalue weighted by Gasteiger charge is 2.63. The van der Waals surface area contributed by atoms with Gasteiger partial charge in [-0.2, -0.15) is 0 Å². The van der Waals surface area contributed by atoms with Crippen molar-refractivity contribution in [3.8, 4) is 0 Å².